The van der Waals surface area contributed by atoms with E-state index in [-0.39, 0.29) is 11.5 Å². The number of aromatic nitrogens is 1. The number of hydrogen-bond acceptors (Lipinski definition) is 4. The molecule has 1 atom stereocenters. The van der Waals surface area contributed by atoms with Crippen LogP contribution >= 0.6 is 0 Å². The first kappa shape index (κ1) is 13.5. The van der Waals surface area contributed by atoms with Crippen LogP contribution in [0.1, 0.15) is 5.56 Å². The van der Waals surface area contributed by atoms with Crippen molar-refractivity contribution in [3.63, 3.8) is 0 Å². The average molecular weight is 280 g/mol. The minimum absolute atomic E-state index is 0.165. The highest BCUT2D eigenvalue weighted by Gasteiger charge is 2.10. The van der Waals surface area contributed by atoms with E-state index in [0.717, 1.165) is 0 Å². The van der Waals surface area contributed by atoms with Gasteiger partial charge in [-0.25, -0.2) is 4.39 Å². The van der Waals surface area contributed by atoms with E-state index in [1.54, 1.807) is 12.1 Å². The fraction of sp³-hybridized carbons (Fsp3) is 0.154. The Morgan fingerprint density at radius 2 is 2.21 bits per heavy atom. The summed E-state index contributed by atoms with van der Waals surface area (Å²) in [5, 5.41) is 0. The molecule has 0 spiro atoms. The van der Waals surface area contributed by atoms with Crippen LogP contribution < -0.4 is 10.5 Å². The third-order valence-corrected chi connectivity index (χ3v) is 4.03. The van der Waals surface area contributed by atoms with Crippen molar-refractivity contribution in [1.29, 1.82) is 0 Å². The zero-order chi connectivity index (χ0) is 13.8. The molecule has 0 aliphatic rings. The van der Waals surface area contributed by atoms with Crippen LogP contribution in [0.3, 0.4) is 0 Å². The number of nitrogens with two attached hydrogens (primary N) is 1. The summed E-state index contributed by atoms with van der Waals surface area (Å²) in [6.07, 6.45) is 2.97. The molecule has 0 saturated heterocycles. The highest BCUT2D eigenvalue weighted by molar-refractivity contribution is 7.84. The lowest BCUT2D eigenvalue weighted by Crippen LogP contribution is -2.02. The Bertz CT molecular complexity index is 619. The molecular weight excluding hydrogens is 267 g/mol. The average Bonchev–Trinajstić information content (AvgIpc) is 2.39. The topological polar surface area (TPSA) is 65.2 Å². The number of nitrogen functional groups attached to an aromatic ring is 1. The van der Waals surface area contributed by atoms with Gasteiger partial charge in [-0.3, -0.25) is 9.19 Å². The molecule has 0 aliphatic heterocycles. The fourth-order valence-corrected chi connectivity index (χ4v) is 2.80. The second kappa shape index (κ2) is 5.79. The molecule has 2 aromatic rings. The zero-order valence-corrected chi connectivity index (χ0v) is 11.1. The molecule has 4 nitrogen and oxygen atoms in total. The van der Waals surface area contributed by atoms with E-state index in [1.807, 2.05) is 0 Å². The summed E-state index contributed by atoms with van der Waals surface area (Å²) in [7, 11) is 0.0615. The molecule has 1 aromatic heterocycles. The molecule has 0 saturated carbocycles. The van der Waals surface area contributed by atoms with Crippen LogP contribution in [0.5, 0.6) is 5.75 Å². The van der Waals surface area contributed by atoms with Gasteiger partial charge in [0.25, 0.3) is 0 Å². The van der Waals surface area contributed by atoms with Gasteiger partial charge >= 0.3 is 0 Å². The van der Waals surface area contributed by atoms with Gasteiger partial charge < -0.3 is 10.5 Å². The molecule has 0 bridgehead atoms. The monoisotopic (exact) mass is 280 g/mol. The van der Waals surface area contributed by atoms with Gasteiger partial charge in [0.15, 0.2) is 11.6 Å². The molecule has 1 aromatic carbocycles. The number of hydrogen-bond donors (Lipinski definition) is 1. The van der Waals surface area contributed by atoms with E-state index >= 15 is 0 Å². The molecule has 100 valence electrons. The van der Waals surface area contributed by atoms with Gasteiger partial charge in [0.2, 0.25) is 0 Å². The highest BCUT2D eigenvalue weighted by Crippen LogP contribution is 2.21. The van der Waals surface area contributed by atoms with E-state index in [0.29, 0.717) is 16.1 Å². The number of ether oxygens (including phenoxy) is 1. The summed E-state index contributed by atoms with van der Waals surface area (Å²) >= 11 is 0. The Kier molecular flexibility index (Phi) is 4.11. The van der Waals surface area contributed by atoms with Gasteiger partial charge in [-0.15, -0.1) is 0 Å². The van der Waals surface area contributed by atoms with E-state index < -0.39 is 16.6 Å². The lowest BCUT2D eigenvalue weighted by atomic mass is 10.2. The van der Waals surface area contributed by atoms with Gasteiger partial charge in [-0.05, 0) is 23.8 Å². The number of rotatable bonds is 4. The van der Waals surface area contributed by atoms with Gasteiger partial charge in [0, 0.05) is 6.20 Å². The second-order valence-electron chi connectivity index (χ2n) is 3.87. The van der Waals surface area contributed by atoms with E-state index in [1.165, 1.54) is 31.6 Å². The summed E-state index contributed by atoms with van der Waals surface area (Å²) in [6, 6.07) is 6.11. The van der Waals surface area contributed by atoms with Crippen LogP contribution in [-0.2, 0) is 16.6 Å². The Morgan fingerprint density at radius 3 is 2.84 bits per heavy atom. The van der Waals surface area contributed by atoms with Gasteiger partial charge in [0.1, 0.15) is 0 Å². The Hall–Kier alpha value is -1.95. The summed E-state index contributed by atoms with van der Waals surface area (Å²) in [6.45, 7) is 0. The molecule has 0 amide bonds. The molecule has 6 heteroatoms. The molecule has 2 N–H and O–H groups in total. The van der Waals surface area contributed by atoms with Crippen molar-refractivity contribution in [3.05, 3.63) is 48.0 Å². The molecule has 0 fully saturated rings. The maximum Gasteiger partial charge on any atom is 0.165 e. The molecule has 1 unspecified atom stereocenters. The molecule has 1 heterocycles. The first-order valence-corrected chi connectivity index (χ1v) is 6.84. The summed E-state index contributed by atoms with van der Waals surface area (Å²) in [5.74, 6) is -0.118. The Labute approximate surface area is 112 Å². The zero-order valence-electron chi connectivity index (χ0n) is 10.3. The number of benzene rings is 1. The van der Waals surface area contributed by atoms with Crippen LogP contribution in [0, 0.1) is 5.82 Å². The summed E-state index contributed by atoms with van der Waals surface area (Å²) in [5.41, 5.74) is 6.69. The van der Waals surface area contributed by atoms with Crippen LogP contribution in [0.25, 0.3) is 0 Å². The minimum atomic E-state index is -1.34. The lowest BCUT2D eigenvalue weighted by Gasteiger charge is -2.07. The number of anilines is 1. The molecule has 19 heavy (non-hydrogen) atoms. The maximum atomic E-state index is 13.5. The van der Waals surface area contributed by atoms with Crippen molar-refractivity contribution in [1.82, 2.24) is 4.98 Å². The SMILES string of the molecule is COc1ccc(CS(=O)c2ccncc2N)cc1F. The van der Waals surface area contributed by atoms with Crippen molar-refractivity contribution in [3.8, 4) is 5.75 Å². The van der Waals surface area contributed by atoms with Gasteiger partial charge in [-0.2, -0.15) is 0 Å². The number of halogens is 1. The molecule has 0 aliphatic carbocycles. The predicted octanol–water partition coefficient (Wildman–Crippen LogP) is 2.12. The normalized spacial score (nSPS) is 12.1. The third-order valence-electron chi connectivity index (χ3n) is 2.57. The standard InChI is InChI=1S/C13H13FN2O2S/c1-18-12-3-2-9(6-10(12)14)8-19(17)13-4-5-16-7-11(13)15/h2-7H,8,15H2,1H3. The van der Waals surface area contributed by atoms with Crippen molar-refractivity contribution in [2.45, 2.75) is 10.6 Å². The minimum Gasteiger partial charge on any atom is -0.494 e. The maximum absolute atomic E-state index is 13.5. The summed E-state index contributed by atoms with van der Waals surface area (Å²) in [4.78, 5) is 4.34. The van der Waals surface area contributed by atoms with Crippen molar-refractivity contribution < 1.29 is 13.3 Å². The Morgan fingerprint density at radius 1 is 1.42 bits per heavy atom. The number of nitrogens with zero attached hydrogens (tertiary/aromatic N) is 1. The molecular formula is C13H13FN2O2S. The predicted molar refractivity (Wildman–Crippen MR) is 71.7 cm³/mol. The third kappa shape index (κ3) is 3.08. The van der Waals surface area contributed by atoms with Gasteiger partial charge in [-0.1, -0.05) is 6.07 Å². The highest BCUT2D eigenvalue weighted by atomic mass is 32.2. The number of methoxy groups -OCH3 is 1. The Balaban J connectivity index is 2.20. The molecule has 0 radical (unpaired) electrons. The van der Waals surface area contributed by atoms with E-state index in [9.17, 15) is 8.60 Å². The first-order chi connectivity index (χ1) is 9.11. The van der Waals surface area contributed by atoms with Crippen molar-refractivity contribution >= 4 is 16.5 Å². The van der Waals surface area contributed by atoms with Crippen LogP contribution in [0.2, 0.25) is 0 Å². The quantitative estimate of drug-likeness (QED) is 0.931. The smallest absolute Gasteiger partial charge is 0.165 e. The van der Waals surface area contributed by atoms with Gasteiger partial charge in [0.05, 0.1) is 40.4 Å². The first-order valence-electron chi connectivity index (χ1n) is 5.52. The van der Waals surface area contributed by atoms with Crippen LogP contribution in [-0.4, -0.2) is 16.3 Å². The largest absolute Gasteiger partial charge is 0.494 e. The fourth-order valence-electron chi connectivity index (χ4n) is 1.63. The summed E-state index contributed by atoms with van der Waals surface area (Å²) < 4.78 is 30.5. The van der Waals surface area contributed by atoms with E-state index in [4.69, 9.17) is 10.5 Å². The van der Waals surface area contributed by atoms with Crippen LogP contribution in [0.4, 0.5) is 10.1 Å². The second-order valence-corrected chi connectivity index (χ2v) is 5.29. The van der Waals surface area contributed by atoms with Crippen molar-refractivity contribution in [2.75, 3.05) is 12.8 Å². The van der Waals surface area contributed by atoms with Crippen molar-refractivity contribution in [2.24, 2.45) is 0 Å². The molecule has 2 rings (SSSR count). The lowest BCUT2D eigenvalue weighted by molar-refractivity contribution is 0.386. The number of pyridine rings is 1. The van der Waals surface area contributed by atoms with Crippen LogP contribution in [0.15, 0.2) is 41.6 Å². The van der Waals surface area contributed by atoms with E-state index in [2.05, 4.69) is 4.98 Å².